The van der Waals surface area contributed by atoms with Crippen LogP contribution in [0.25, 0.3) is 11.1 Å². The van der Waals surface area contributed by atoms with Crippen LogP contribution in [0.3, 0.4) is 0 Å². The quantitative estimate of drug-likeness (QED) is 0.0367. The Morgan fingerprint density at radius 2 is 1.30 bits per heavy atom. The van der Waals surface area contributed by atoms with E-state index in [0.29, 0.717) is 38.5 Å². The first kappa shape index (κ1) is 76.9. The number of aliphatic hydroxyl groups is 6. The van der Waals surface area contributed by atoms with Gasteiger partial charge in [0.2, 0.25) is 47.5 Å². The molecule has 103 heavy (non-hydrogen) atoms. The number of imide groups is 1. The van der Waals surface area contributed by atoms with Crippen molar-refractivity contribution < 1.29 is 108 Å². The highest BCUT2D eigenvalue weighted by Crippen LogP contribution is 2.50. The van der Waals surface area contributed by atoms with Crippen LogP contribution in [0.1, 0.15) is 176 Å². The number of hydrogen-bond acceptors (Lipinski definition) is 22. The predicted molar refractivity (Wildman–Crippen MR) is 369 cm³/mol. The van der Waals surface area contributed by atoms with Gasteiger partial charge in [-0.25, -0.2) is 0 Å². The molecule has 14 N–H and O–H groups in total. The summed E-state index contributed by atoms with van der Waals surface area (Å²) in [6, 6.07) is 7.05. The Labute approximate surface area is 602 Å². The van der Waals surface area contributed by atoms with E-state index in [2.05, 4.69) is 26.6 Å². The number of benzene rings is 5. The average Bonchev–Trinajstić information content (AvgIpc) is 1.77. The average molecular weight is 1470 g/mol. The third-order valence-electron chi connectivity index (χ3n) is 19.3. The van der Waals surface area contributed by atoms with E-state index in [0.717, 1.165) is 55.7 Å². The van der Waals surface area contributed by atoms with E-state index in [1.165, 1.54) is 42.5 Å². The van der Waals surface area contributed by atoms with E-state index in [-0.39, 0.29) is 85.2 Å². The van der Waals surface area contributed by atoms with E-state index >= 15 is 24.0 Å². The molecule has 12 rings (SSSR count). The van der Waals surface area contributed by atoms with Crippen molar-refractivity contribution >= 4 is 76.0 Å². The van der Waals surface area contributed by atoms with Crippen molar-refractivity contribution in [3.63, 3.8) is 0 Å². The lowest BCUT2D eigenvalue weighted by Gasteiger charge is -2.39. The second kappa shape index (κ2) is 33.3. The lowest BCUT2D eigenvalue weighted by Crippen LogP contribution is -2.60. The van der Waals surface area contributed by atoms with Crippen LogP contribution >= 0.6 is 23.2 Å². The standard InChI is InChI=1S/C74H85Cl2N5O22/c1-5-7-8-9-10-11-57(89)77-58(90)28-40-25-50(87)62(80-70(96)35(6-2)20-33(3)4)64(91)37-15-18-52(45(75)23-37)100-54-26-39-27-55(69(54)103-74-68(95)67(94)66(93)56(32-82)102-74)101-53-19-16-38(24-46(53)76)65(92)63-73(99)79-61(49(86)21-34-12-13-34)44-29-41(83)30-48(85)59(44)43-22-36(14-17-47(43)84)42(72(98)81-63)31-51(88)60(39)78-71(40)97/h14-19,22-24,26-27,29-30,33-35,40,42,56,60-68,74,82-85,91-95H,5-13,20-21,25,28,31-32H2,1-4H3,(H,78,97)(H,79,99)(H,80,96)(H,81,98)(H,77,89,90)/t35-,40+,42-,56-,60-,61+,62+,63+,64-,65-,66-,67+,68-,74+/m1/s1. The number of carbonyl (C=O) groups is 9. The molecule has 11 bridgehead atoms. The molecule has 5 aromatic carbocycles. The summed E-state index contributed by atoms with van der Waals surface area (Å²) >= 11 is 14.1. The minimum Gasteiger partial charge on any atom is -0.508 e. The van der Waals surface area contributed by atoms with E-state index in [1.807, 2.05) is 20.8 Å². The Balaban J connectivity index is 1.21. The van der Waals surface area contributed by atoms with Gasteiger partial charge in [0.15, 0.2) is 28.8 Å². The zero-order chi connectivity index (χ0) is 74.4. The fourth-order valence-electron chi connectivity index (χ4n) is 13.4. The normalized spacial score (nSPS) is 25.4. The molecule has 0 unspecified atom stereocenters. The van der Waals surface area contributed by atoms with Crippen LogP contribution in [-0.4, -0.2) is 148 Å². The van der Waals surface area contributed by atoms with Gasteiger partial charge >= 0.3 is 0 Å². The molecule has 6 heterocycles. The highest BCUT2D eigenvalue weighted by molar-refractivity contribution is 6.32. The van der Waals surface area contributed by atoms with Crippen molar-refractivity contribution in [2.45, 2.75) is 191 Å². The molecule has 6 amide bonds. The molecule has 1 saturated heterocycles. The molecule has 2 fully saturated rings. The number of nitrogens with one attached hydrogen (secondary N) is 5. The van der Waals surface area contributed by atoms with E-state index in [1.54, 1.807) is 6.92 Å². The maximum Gasteiger partial charge on any atom is 0.246 e. The highest BCUT2D eigenvalue weighted by Gasteiger charge is 2.47. The molecule has 6 aliphatic heterocycles. The number of aliphatic hydroxyl groups excluding tert-OH is 6. The van der Waals surface area contributed by atoms with Gasteiger partial charge in [-0.15, -0.1) is 0 Å². The number of unbranched alkanes of at least 4 members (excludes halogenated alkanes) is 4. The van der Waals surface area contributed by atoms with Crippen LogP contribution in [0.5, 0.6) is 46.0 Å². The summed E-state index contributed by atoms with van der Waals surface area (Å²) in [6.07, 6.45) is -11.4. The van der Waals surface area contributed by atoms with Gasteiger partial charge in [0, 0.05) is 55.2 Å². The molecule has 552 valence electrons. The maximum atomic E-state index is 16.3. The largest absolute Gasteiger partial charge is 0.508 e. The molecule has 1 saturated carbocycles. The SMILES string of the molecule is CCCCCCCC(=O)NC(=O)C[C@@H]1CC(=O)[C@H](NC(=O)[C@H](CC)CC(C)C)[C@H](O)c2ccc(c(Cl)c2)Oc2cc3cc(c2O[C@@H]2O[C@H](CO)[C@@H](O)[C@H](O)[C@H]2O)Oc2ccc(cc2Cl)[C@@H](O)[C@@H]2NC(=O)[C@H](CC(=O)[C@@H]3NC1=O)c1ccc(O)c(c1)-c1c(O)cc(O)cc1[C@@H](C(=O)CC1CC1)NC2=O. The summed E-state index contributed by atoms with van der Waals surface area (Å²) in [5.74, 6) is -17.7. The number of carbonyl (C=O) groups excluding carboxylic acids is 9. The third-order valence-corrected chi connectivity index (χ3v) is 19.9. The number of fused-ring (bicyclic) bond motifs is 15. The van der Waals surface area contributed by atoms with Crippen molar-refractivity contribution in [1.29, 1.82) is 0 Å². The van der Waals surface area contributed by atoms with Crippen LogP contribution in [0.2, 0.25) is 10.0 Å². The molecule has 5 aromatic rings. The van der Waals surface area contributed by atoms with Crippen molar-refractivity contribution in [3.8, 4) is 57.1 Å². The van der Waals surface area contributed by atoms with Crippen molar-refractivity contribution in [2.75, 3.05) is 6.61 Å². The number of halogens is 2. The van der Waals surface area contributed by atoms with Crippen LogP contribution in [0, 0.1) is 23.7 Å². The van der Waals surface area contributed by atoms with Crippen LogP contribution < -0.4 is 40.8 Å². The molecule has 29 heteroatoms. The number of hydrogen-bond donors (Lipinski definition) is 14. The zero-order valence-electron chi connectivity index (χ0n) is 56.9. The zero-order valence-corrected chi connectivity index (χ0v) is 58.4. The summed E-state index contributed by atoms with van der Waals surface area (Å²) in [5, 5.41) is 116. The highest BCUT2D eigenvalue weighted by atomic mass is 35.5. The van der Waals surface area contributed by atoms with Gasteiger partial charge in [-0.05, 0) is 126 Å². The number of aromatic hydroxyl groups is 3. The number of phenolic OH excluding ortho intramolecular Hbond substituents is 3. The van der Waals surface area contributed by atoms with Gasteiger partial charge in [-0.3, -0.25) is 48.5 Å². The molecule has 14 atom stereocenters. The van der Waals surface area contributed by atoms with Crippen LogP contribution in [0.4, 0.5) is 0 Å². The van der Waals surface area contributed by atoms with Crippen molar-refractivity contribution in [3.05, 3.63) is 117 Å². The summed E-state index contributed by atoms with van der Waals surface area (Å²) in [5.41, 5.74) is -1.60. The fourth-order valence-corrected chi connectivity index (χ4v) is 13.8. The van der Waals surface area contributed by atoms with E-state index in [9.17, 15) is 65.1 Å². The van der Waals surface area contributed by atoms with Gasteiger partial charge in [0.05, 0.1) is 28.5 Å². The molecular formula is C74H85Cl2N5O22. The lowest BCUT2D eigenvalue weighted by atomic mass is 9.84. The van der Waals surface area contributed by atoms with Gasteiger partial charge in [0.1, 0.15) is 89.5 Å². The smallest absolute Gasteiger partial charge is 0.246 e. The Kier molecular flexibility index (Phi) is 24.9. The summed E-state index contributed by atoms with van der Waals surface area (Å²) < 4.78 is 25.3. The molecule has 0 aromatic heterocycles. The number of rotatable bonds is 19. The Morgan fingerprint density at radius 1 is 0.650 bits per heavy atom. The fraction of sp³-hybridized carbons (Fsp3) is 0.473. The van der Waals surface area contributed by atoms with Crippen molar-refractivity contribution in [1.82, 2.24) is 26.6 Å². The van der Waals surface area contributed by atoms with Gasteiger partial charge in [0.25, 0.3) is 0 Å². The minimum absolute atomic E-state index is 0.0172. The maximum absolute atomic E-state index is 16.3. The second-order valence-corrected chi connectivity index (χ2v) is 28.3. The Bertz CT molecular complexity index is 4070. The molecule has 27 nitrogen and oxygen atoms in total. The topological polar surface area (TPSA) is 433 Å². The first-order chi connectivity index (χ1) is 49.0. The number of Topliss-reactive ketones (excluding diaryl/α,β-unsaturated/α-hetero) is 3. The minimum atomic E-state index is -2.18. The molecule has 7 aliphatic rings. The lowest BCUT2D eigenvalue weighted by molar-refractivity contribution is -0.277. The first-order valence-corrected chi connectivity index (χ1v) is 35.3. The van der Waals surface area contributed by atoms with Gasteiger partial charge in [-0.1, -0.05) is 94.8 Å². The van der Waals surface area contributed by atoms with E-state index in [4.69, 9.17) is 42.1 Å². The first-order valence-electron chi connectivity index (χ1n) is 34.5. The number of phenols is 3. The summed E-state index contributed by atoms with van der Waals surface area (Å²) in [7, 11) is 0. The Hall–Kier alpha value is -8.77. The molecule has 0 radical (unpaired) electrons. The van der Waals surface area contributed by atoms with Crippen LogP contribution in [-0.2, 0) is 47.9 Å². The van der Waals surface area contributed by atoms with Gasteiger partial charge < -0.3 is 86.2 Å². The van der Waals surface area contributed by atoms with Gasteiger partial charge in [-0.2, -0.15) is 0 Å². The van der Waals surface area contributed by atoms with Crippen LogP contribution in [0.15, 0.2) is 78.9 Å². The Morgan fingerprint density at radius 3 is 1.92 bits per heavy atom. The molecule has 1 aliphatic carbocycles. The predicted octanol–water partition coefficient (Wildman–Crippen LogP) is 7.09. The summed E-state index contributed by atoms with van der Waals surface area (Å²) in [4.78, 5) is 135. The molecular weight excluding hydrogens is 1380 g/mol. The molecule has 0 spiro atoms. The monoisotopic (exact) mass is 1470 g/mol. The number of amides is 6. The van der Waals surface area contributed by atoms with E-state index < -0.39 is 198 Å². The third kappa shape index (κ3) is 17.9. The van der Waals surface area contributed by atoms with Crippen molar-refractivity contribution in [2.24, 2.45) is 23.7 Å². The number of ketones is 3. The second-order valence-electron chi connectivity index (χ2n) is 27.5. The summed E-state index contributed by atoms with van der Waals surface area (Å²) in [6.45, 7) is 6.60. The number of ether oxygens (including phenoxy) is 4.